The Bertz CT molecular complexity index is 376. The maximum Gasteiger partial charge on any atom is 0.0136 e. The number of hydrogen-bond donors (Lipinski definition) is 0. The molecule has 1 rings (SSSR count). The molecule has 0 saturated heterocycles. The van der Waals surface area contributed by atoms with Crippen LogP contribution in [0.4, 0.5) is 0 Å². The Morgan fingerprint density at radius 2 is 1.14 bits per heavy atom. The van der Waals surface area contributed by atoms with Crippen molar-refractivity contribution in [1.82, 2.24) is 0 Å². The van der Waals surface area contributed by atoms with Gasteiger partial charge in [0.25, 0.3) is 0 Å². The molecule has 0 nitrogen and oxygen atoms in total. The van der Waals surface area contributed by atoms with Crippen LogP contribution in [0.25, 0.3) is 0 Å². The van der Waals surface area contributed by atoms with Gasteiger partial charge < -0.3 is 0 Å². The highest BCUT2D eigenvalue weighted by Crippen LogP contribution is 2.24. The van der Waals surface area contributed by atoms with Crippen molar-refractivity contribution in [3.8, 4) is 23.7 Å². The van der Waals surface area contributed by atoms with Crippen LogP contribution in [0.15, 0.2) is 11.1 Å². The highest BCUT2D eigenvalue weighted by molar-refractivity contribution is 5.45. The normalized spacial score (nSPS) is 13.6. The fraction of sp³-hybridized carbons (Fsp3) is 0.714. The Hall–Kier alpha value is -1.14. The van der Waals surface area contributed by atoms with Gasteiger partial charge >= 0.3 is 0 Å². The molecule has 21 heavy (non-hydrogen) atoms. The summed E-state index contributed by atoms with van der Waals surface area (Å²) in [6.07, 6.45) is 16.1. The topological polar surface area (TPSA) is 0 Å². The summed E-state index contributed by atoms with van der Waals surface area (Å²) in [6, 6.07) is 0. The summed E-state index contributed by atoms with van der Waals surface area (Å²) in [6.45, 7) is 4.50. The Kier molecular flexibility index (Phi) is 10.7. The van der Waals surface area contributed by atoms with Crippen molar-refractivity contribution in [1.29, 1.82) is 0 Å². The van der Waals surface area contributed by atoms with E-state index in [1.165, 1.54) is 68.9 Å². The van der Waals surface area contributed by atoms with Crippen molar-refractivity contribution in [2.24, 2.45) is 0 Å². The summed E-state index contributed by atoms with van der Waals surface area (Å²) in [4.78, 5) is 0. The van der Waals surface area contributed by atoms with Crippen LogP contribution in [-0.2, 0) is 0 Å². The molecule has 0 spiro atoms. The van der Waals surface area contributed by atoms with Gasteiger partial charge in [0.1, 0.15) is 0 Å². The Balaban J connectivity index is 2.33. The third kappa shape index (κ3) is 8.67. The van der Waals surface area contributed by atoms with Crippen LogP contribution >= 0.6 is 0 Å². The second kappa shape index (κ2) is 12.6. The summed E-state index contributed by atoms with van der Waals surface area (Å²) in [5, 5.41) is 0. The van der Waals surface area contributed by atoms with E-state index in [0.717, 1.165) is 25.7 Å². The largest absolute Gasteiger partial charge is 0.0982 e. The Labute approximate surface area is 132 Å². The standard InChI is InChI=1S/C21H32/c1-3-5-7-9-11-13-16-20-18-15-19-21(20)17-14-12-10-8-6-4-2/h3-12,15,18-19H2,1-2H3. The average molecular weight is 284 g/mol. The zero-order valence-corrected chi connectivity index (χ0v) is 14.2. The maximum absolute atomic E-state index is 3.40. The first-order valence-electron chi connectivity index (χ1n) is 9.08. The molecule has 0 amide bonds. The van der Waals surface area contributed by atoms with Gasteiger partial charge in [-0.1, -0.05) is 76.1 Å². The van der Waals surface area contributed by atoms with Crippen LogP contribution in [0.1, 0.15) is 97.3 Å². The fourth-order valence-electron chi connectivity index (χ4n) is 2.64. The second-order valence-electron chi connectivity index (χ2n) is 6.04. The quantitative estimate of drug-likeness (QED) is 0.356. The van der Waals surface area contributed by atoms with Gasteiger partial charge in [-0.2, -0.15) is 0 Å². The first kappa shape index (κ1) is 17.9. The van der Waals surface area contributed by atoms with E-state index >= 15 is 0 Å². The minimum atomic E-state index is 1.06. The lowest BCUT2D eigenvalue weighted by molar-refractivity contribution is 0.679. The number of unbranched alkanes of at least 4 members (excludes halogenated alkanes) is 8. The molecule has 0 bridgehead atoms. The summed E-state index contributed by atoms with van der Waals surface area (Å²) in [5.41, 5.74) is 2.68. The molecular formula is C21H32. The van der Waals surface area contributed by atoms with Crippen LogP contribution in [-0.4, -0.2) is 0 Å². The molecule has 0 aromatic rings. The zero-order valence-electron chi connectivity index (χ0n) is 14.2. The summed E-state index contributed by atoms with van der Waals surface area (Å²) in [5.74, 6) is 13.5. The van der Waals surface area contributed by atoms with Crippen molar-refractivity contribution in [3.63, 3.8) is 0 Å². The molecule has 0 radical (unpaired) electrons. The third-order valence-electron chi connectivity index (χ3n) is 4.01. The summed E-state index contributed by atoms with van der Waals surface area (Å²) < 4.78 is 0. The van der Waals surface area contributed by atoms with E-state index in [1.54, 1.807) is 0 Å². The SMILES string of the molecule is CCCCCCC#CC1=C(C#CCCCCCC)CCC1. The highest BCUT2D eigenvalue weighted by Gasteiger charge is 2.10. The van der Waals surface area contributed by atoms with E-state index in [9.17, 15) is 0 Å². The maximum atomic E-state index is 3.40. The minimum absolute atomic E-state index is 1.06. The molecule has 0 unspecified atom stereocenters. The molecule has 0 saturated carbocycles. The van der Waals surface area contributed by atoms with Gasteiger partial charge in [0.2, 0.25) is 0 Å². The molecular weight excluding hydrogens is 252 g/mol. The van der Waals surface area contributed by atoms with E-state index in [1.807, 2.05) is 0 Å². The van der Waals surface area contributed by atoms with Crippen molar-refractivity contribution in [3.05, 3.63) is 11.1 Å². The molecule has 0 fully saturated rings. The van der Waals surface area contributed by atoms with Crippen LogP contribution in [0.3, 0.4) is 0 Å². The number of hydrogen-bond acceptors (Lipinski definition) is 0. The van der Waals surface area contributed by atoms with E-state index < -0.39 is 0 Å². The van der Waals surface area contributed by atoms with E-state index in [4.69, 9.17) is 0 Å². The molecule has 0 aromatic heterocycles. The van der Waals surface area contributed by atoms with Gasteiger partial charge in [0.15, 0.2) is 0 Å². The van der Waals surface area contributed by atoms with E-state index in [2.05, 4.69) is 37.5 Å². The molecule has 0 N–H and O–H groups in total. The van der Waals surface area contributed by atoms with Crippen LogP contribution in [0.5, 0.6) is 0 Å². The van der Waals surface area contributed by atoms with Gasteiger partial charge in [-0.3, -0.25) is 0 Å². The van der Waals surface area contributed by atoms with Gasteiger partial charge in [-0.15, -0.1) is 0 Å². The third-order valence-corrected chi connectivity index (χ3v) is 4.01. The molecule has 116 valence electrons. The first-order valence-corrected chi connectivity index (χ1v) is 9.08. The molecule has 0 heteroatoms. The van der Waals surface area contributed by atoms with Crippen molar-refractivity contribution < 1.29 is 0 Å². The molecule has 0 atom stereocenters. The molecule has 1 aliphatic rings. The van der Waals surface area contributed by atoms with Gasteiger partial charge in [-0.05, 0) is 32.1 Å². The van der Waals surface area contributed by atoms with Crippen molar-refractivity contribution in [2.75, 3.05) is 0 Å². The highest BCUT2D eigenvalue weighted by atomic mass is 14.1. The van der Waals surface area contributed by atoms with Crippen LogP contribution in [0, 0.1) is 23.7 Å². The predicted molar refractivity (Wildman–Crippen MR) is 93.9 cm³/mol. The fourth-order valence-corrected chi connectivity index (χ4v) is 2.64. The van der Waals surface area contributed by atoms with Crippen LogP contribution in [0.2, 0.25) is 0 Å². The van der Waals surface area contributed by atoms with E-state index in [0.29, 0.717) is 0 Å². The lowest BCUT2D eigenvalue weighted by Crippen LogP contribution is -1.79. The Morgan fingerprint density at radius 1 is 0.667 bits per heavy atom. The number of allylic oxidation sites excluding steroid dienone is 2. The Morgan fingerprint density at radius 3 is 1.57 bits per heavy atom. The summed E-state index contributed by atoms with van der Waals surface area (Å²) >= 11 is 0. The summed E-state index contributed by atoms with van der Waals surface area (Å²) in [7, 11) is 0. The lowest BCUT2D eigenvalue weighted by Gasteiger charge is -1.94. The van der Waals surface area contributed by atoms with Crippen LogP contribution < -0.4 is 0 Å². The molecule has 1 aliphatic carbocycles. The van der Waals surface area contributed by atoms with Crippen molar-refractivity contribution >= 4 is 0 Å². The number of rotatable bonds is 8. The molecule has 0 aromatic carbocycles. The molecule has 0 heterocycles. The smallest absolute Gasteiger partial charge is 0.0136 e. The van der Waals surface area contributed by atoms with Gasteiger partial charge in [0, 0.05) is 24.0 Å². The van der Waals surface area contributed by atoms with Gasteiger partial charge in [0.05, 0.1) is 0 Å². The van der Waals surface area contributed by atoms with Crippen molar-refractivity contribution in [2.45, 2.75) is 97.3 Å². The first-order chi connectivity index (χ1) is 10.4. The average Bonchev–Trinajstić information content (AvgIpc) is 2.94. The predicted octanol–water partition coefficient (Wildman–Crippen LogP) is 6.41. The monoisotopic (exact) mass is 284 g/mol. The zero-order chi connectivity index (χ0) is 15.2. The molecule has 0 aliphatic heterocycles. The second-order valence-corrected chi connectivity index (χ2v) is 6.04. The van der Waals surface area contributed by atoms with Gasteiger partial charge in [-0.25, -0.2) is 0 Å². The lowest BCUT2D eigenvalue weighted by atomic mass is 10.1. The minimum Gasteiger partial charge on any atom is -0.0982 e. The van der Waals surface area contributed by atoms with E-state index in [-0.39, 0.29) is 0 Å².